The largest absolute Gasteiger partial charge is 0.489 e. The van der Waals surface area contributed by atoms with Gasteiger partial charge in [-0.1, -0.05) is 178 Å². The Balaban J connectivity index is 0.000000823. The molecule has 0 unspecified atom stereocenters. The number of hydrogen-bond donors (Lipinski definition) is 16. The van der Waals surface area contributed by atoms with Crippen molar-refractivity contribution in [2.75, 3.05) is 95.4 Å². The van der Waals surface area contributed by atoms with Crippen LogP contribution in [0.15, 0.2) is 134 Å². The first kappa shape index (κ1) is 129. The highest BCUT2D eigenvalue weighted by Gasteiger charge is 2.19. The predicted molar refractivity (Wildman–Crippen MR) is 552 cm³/mol. The highest BCUT2D eigenvalue weighted by molar-refractivity contribution is 5.95. The molecule has 42 heteroatoms. The van der Waals surface area contributed by atoms with E-state index in [1.807, 2.05) is 138 Å². The summed E-state index contributed by atoms with van der Waals surface area (Å²) >= 11 is 0. The van der Waals surface area contributed by atoms with E-state index in [0.717, 1.165) is 0 Å². The van der Waals surface area contributed by atoms with E-state index in [2.05, 4.69) is 92.8 Å². The molecular weight excluding hydrogens is 1860 g/mol. The van der Waals surface area contributed by atoms with Crippen molar-refractivity contribution in [3.63, 3.8) is 0 Å². The van der Waals surface area contributed by atoms with Gasteiger partial charge in [0.25, 0.3) is 0 Å². The van der Waals surface area contributed by atoms with Crippen LogP contribution in [0.1, 0.15) is 218 Å². The van der Waals surface area contributed by atoms with Gasteiger partial charge < -0.3 is 121 Å². The maximum atomic E-state index is 11.5. The Bertz CT molecular complexity index is 4200. The Kier molecular flexibility index (Phi) is 66.2. The molecule has 8 aromatic rings. The van der Waals surface area contributed by atoms with Crippen molar-refractivity contribution in [1.82, 2.24) is 50.3 Å². The van der Waals surface area contributed by atoms with Crippen molar-refractivity contribution in [2.24, 2.45) is 47.3 Å². The van der Waals surface area contributed by atoms with E-state index in [9.17, 15) is 79.2 Å². The minimum atomic E-state index is -0.507. The first-order valence-electron chi connectivity index (χ1n) is 48.6. The van der Waals surface area contributed by atoms with Crippen LogP contribution in [-0.4, -0.2) is 240 Å². The molecule has 16 N–H and O–H groups in total. The predicted octanol–water partition coefficient (Wildman–Crippen LogP) is 13.4. The fourth-order valence-electron chi connectivity index (χ4n) is 8.82. The summed E-state index contributed by atoms with van der Waals surface area (Å²) in [5.74, 6) is 5.37. The van der Waals surface area contributed by atoms with Gasteiger partial charge in [-0.25, -0.2) is 19.9 Å². The van der Waals surface area contributed by atoms with Crippen LogP contribution in [0.25, 0.3) is 0 Å². The number of nitrogens with zero attached hydrogens (tertiary/aromatic N) is 10. The maximum Gasteiger partial charge on any atom is 0.233 e. The lowest BCUT2D eigenvalue weighted by Crippen LogP contribution is -2.19. The number of rotatable bonds is 48. The molecule has 8 aromatic heterocycles. The monoisotopic (exact) mass is 2020 g/mol. The van der Waals surface area contributed by atoms with Crippen LogP contribution in [0.5, 0.6) is 46.6 Å². The lowest BCUT2D eigenvalue weighted by atomic mass is 10.2. The number of aliphatic hydroxyl groups is 8. The maximum absolute atomic E-state index is 11.5. The zero-order valence-electron chi connectivity index (χ0n) is 87.8. The first-order chi connectivity index (χ1) is 68.2. The van der Waals surface area contributed by atoms with E-state index < -0.39 is 48.8 Å². The molecule has 0 aliphatic carbocycles. The lowest BCUT2D eigenvalue weighted by molar-refractivity contribution is -0.119. The second-order valence-electron chi connectivity index (χ2n) is 34.9. The summed E-state index contributed by atoms with van der Waals surface area (Å²) in [4.78, 5) is 116. The molecule has 144 heavy (non-hydrogen) atoms. The summed E-state index contributed by atoms with van der Waals surface area (Å²) < 4.78 is 42.4. The average Bonchev–Trinajstić information content (AvgIpc) is 0.925. The van der Waals surface area contributed by atoms with Gasteiger partial charge in [0.1, 0.15) is 99.2 Å². The molecule has 8 heterocycles. The van der Waals surface area contributed by atoms with Crippen LogP contribution in [0.4, 0.5) is 46.4 Å². The fourth-order valence-corrected chi connectivity index (χ4v) is 8.82. The van der Waals surface area contributed by atoms with E-state index in [4.69, 9.17) is 37.9 Å². The molecule has 0 aromatic carbocycles. The topological polar surface area (TPSA) is 597 Å². The van der Waals surface area contributed by atoms with Crippen molar-refractivity contribution in [2.45, 2.75) is 266 Å². The van der Waals surface area contributed by atoms with Gasteiger partial charge >= 0.3 is 0 Å². The summed E-state index contributed by atoms with van der Waals surface area (Å²) in [7, 11) is 0. The molecule has 0 fully saturated rings. The number of pyridine rings is 6. The molecule has 0 saturated heterocycles. The Morgan fingerprint density at radius 3 is 0.653 bits per heavy atom. The van der Waals surface area contributed by atoms with Gasteiger partial charge in [-0.2, -0.15) is 9.97 Å². The molecule has 800 valence electrons. The molecule has 0 saturated carbocycles. The number of carbonyl (C=O) groups is 8. The highest BCUT2D eigenvalue weighted by Crippen LogP contribution is 2.22. The van der Waals surface area contributed by atoms with Gasteiger partial charge in [-0.15, -0.1) is 20.4 Å². The van der Waals surface area contributed by atoms with Gasteiger partial charge in [0.2, 0.25) is 76.7 Å². The zero-order valence-corrected chi connectivity index (χ0v) is 87.8. The number of hydrogen-bond acceptors (Lipinski definition) is 34. The van der Waals surface area contributed by atoms with Crippen LogP contribution in [-0.2, 0) is 38.4 Å². The molecule has 8 rings (SSSR count). The number of aromatic nitrogens is 10. The van der Waals surface area contributed by atoms with Gasteiger partial charge in [0.15, 0.2) is 11.6 Å². The number of aliphatic hydroxyl groups excluding tert-OH is 8. The molecular formula is C102H158N18O24. The molecule has 0 bridgehead atoms. The van der Waals surface area contributed by atoms with Crippen LogP contribution in [0.2, 0.25) is 0 Å². The van der Waals surface area contributed by atoms with Gasteiger partial charge in [0.05, 0.1) is 79.3 Å². The van der Waals surface area contributed by atoms with Crippen molar-refractivity contribution in [1.29, 1.82) is 0 Å². The minimum Gasteiger partial charge on any atom is -0.489 e. The second kappa shape index (κ2) is 73.9. The molecule has 42 nitrogen and oxygen atoms in total. The third-order valence-electron chi connectivity index (χ3n) is 19.1. The Hall–Kier alpha value is -13.1. The molecule has 0 radical (unpaired) electrons. The molecule has 8 atom stereocenters. The smallest absolute Gasteiger partial charge is 0.233 e. The van der Waals surface area contributed by atoms with Crippen molar-refractivity contribution >= 4 is 93.7 Å². The Labute approximate surface area is 846 Å². The van der Waals surface area contributed by atoms with Crippen molar-refractivity contribution in [3.05, 3.63) is 134 Å². The lowest BCUT2D eigenvalue weighted by Gasteiger charge is -2.11. The van der Waals surface area contributed by atoms with Crippen LogP contribution < -0.4 is 80.4 Å². The first-order valence-corrected chi connectivity index (χ1v) is 48.6. The van der Waals surface area contributed by atoms with Crippen LogP contribution in [0.3, 0.4) is 0 Å². The van der Waals surface area contributed by atoms with E-state index in [1.54, 1.807) is 137 Å². The number of nitrogens with one attached hydrogen (secondary N) is 8. The van der Waals surface area contributed by atoms with Crippen LogP contribution in [0, 0.1) is 47.3 Å². The number of carbonyl (C=O) groups excluding carboxylic acids is 8. The zero-order chi connectivity index (χ0) is 108. The molecule has 8 amide bonds. The van der Waals surface area contributed by atoms with Crippen LogP contribution >= 0.6 is 0 Å². The molecule has 0 spiro atoms. The van der Waals surface area contributed by atoms with E-state index >= 15 is 0 Å². The SMILES string of the molecule is CC[C@@H](O)COc1ccc(NC(=O)C(C)C)cn1.CC[C@@H](O)COc1ccc(NC(=O)C(C)C)nc1.CC[C@@H](O)COc1ccc(NC(=O)C(C)C)nc1.CC[C@@H](O)COc1cccc(NC(=O)C(C)C)n1.CC[C@H](O)COc1ccc(NC(=O)C(C)C)nc1.CC[C@H](O)COc1ccc(NC(=O)C(C)C)nn1.CC[C@H](O)COc1ccc(NC(=O)C(C)C)nn1.CC[C@H](O)COc1cccc(NC(=O)C(C)C)n1. The third kappa shape index (κ3) is 60.4. The van der Waals surface area contributed by atoms with E-state index in [0.29, 0.717) is 144 Å². The summed E-state index contributed by atoms with van der Waals surface area (Å²) in [6, 6.07) is 30.2. The second-order valence-corrected chi connectivity index (χ2v) is 34.9. The quantitative estimate of drug-likeness (QED) is 0.0168. The molecule has 0 aliphatic rings. The van der Waals surface area contributed by atoms with Crippen molar-refractivity contribution < 1.29 is 117 Å². The highest BCUT2D eigenvalue weighted by atomic mass is 16.5. The molecule has 0 aliphatic heterocycles. The number of amides is 8. The van der Waals surface area contributed by atoms with E-state index in [-0.39, 0.29) is 147 Å². The number of ether oxygens (including phenoxy) is 8. The normalized spacial score (nSPS) is 12.3. The summed E-state index contributed by atoms with van der Waals surface area (Å²) in [6.07, 6.45) is 7.31. The van der Waals surface area contributed by atoms with Gasteiger partial charge in [-0.05, 0) is 118 Å². The Morgan fingerprint density at radius 1 is 0.222 bits per heavy atom. The summed E-state index contributed by atoms with van der Waals surface area (Å²) in [5.41, 5.74) is 0.636. The minimum absolute atomic E-state index is 0.0492. The summed E-state index contributed by atoms with van der Waals surface area (Å²) in [6.45, 7) is 45.8. The number of anilines is 8. The standard InChI is InChI=1S/6C13H20N2O3.2C12H19N3O3/c1-4-11(16)8-18-12-6-5-10(7-14-12)15-13(17)9(2)3;3*1-4-10(16)8-18-11-5-6-12(14-7-11)15-13(17)9(2)3;2*1-4-10(16)8-18-12-7-5-6-11(14-12)15-13(17)9(2)3;2*1-4-9(16)7-18-11-6-5-10(14-15-11)13-12(17)8(2)3/h5-7,9,11,16H,4,8H2,1-3H3,(H,15,17);5*5-7,9-10,16H,4,8H2,1-3H3,(H,14,15,17);2*5-6,8-9,16H,4,7H2,1-3H3,(H,13,14,17)/t11-;5*10-;2*9-/m11101000/s1. The third-order valence-corrected chi connectivity index (χ3v) is 19.1. The average molecular weight is 2020 g/mol. The van der Waals surface area contributed by atoms with Crippen molar-refractivity contribution in [3.8, 4) is 46.6 Å². The Morgan fingerprint density at radius 2 is 0.438 bits per heavy atom. The van der Waals surface area contributed by atoms with E-state index in [1.165, 1.54) is 24.8 Å². The van der Waals surface area contributed by atoms with Gasteiger partial charge in [-0.3, -0.25) is 38.4 Å². The fraction of sp³-hybridized carbons (Fsp3) is 0.549. The summed E-state index contributed by atoms with van der Waals surface area (Å²) in [5, 5.41) is 111. The van der Waals surface area contributed by atoms with Gasteiger partial charge in [0, 0.05) is 77.7 Å².